The minimum absolute atomic E-state index is 0.0963. The van der Waals surface area contributed by atoms with Crippen molar-refractivity contribution in [3.63, 3.8) is 0 Å². The second kappa shape index (κ2) is 4.68. The molecule has 13 heavy (non-hydrogen) atoms. The maximum atomic E-state index is 10.4. The first-order chi connectivity index (χ1) is 6.27. The molecule has 0 radical (unpaired) electrons. The highest BCUT2D eigenvalue weighted by molar-refractivity contribution is 9.09. The predicted molar refractivity (Wildman–Crippen MR) is 54.2 cm³/mol. The third-order valence-corrected chi connectivity index (χ3v) is 1.73. The van der Waals surface area contributed by atoms with Gasteiger partial charge in [0.05, 0.1) is 10.9 Å². The van der Waals surface area contributed by atoms with E-state index in [4.69, 9.17) is 0 Å². The molecule has 0 atom stereocenters. The van der Waals surface area contributed by atoms with Crippen molar-refractivity contribution in [3.05, 3.63) is 29.3 Å². The first kappa shape index (κ1) is 9.82. The Kier molecular flexibility index (Phi) is 3.53. The molecule has 0 aliphatic heterocycles. The molecule has 0 aliphatic rings. The minimum atomic E-state index is 0.0963. The highest BCUT2D eigenvalue weighted by Crippen LogP contribution is 2.16. The van der Waals surface area contributed by atoms with Crippen molar-refractivity contribution >= 4 is 22.2 Å². The summed E-state index contributed by atoms with van der Waals surface area (Å²) in [5.74, 6) is 5.58. The first-order valence-electron chi connectivity index (χ1n) is 3.61. The average molecular weight is 239 g/mol. The number of carbonyl (C=O) groups excluding carboxylic acids is 1. The predicted octanol–water partition coefficient (Wildman–Crippen LogP) is 1.95. The standard InChI is InChI=1S/C10H7BrO2/c11-5-1-2-9-6-8(7-12)3-4-10(9)13/h3-4,6-7,13H,5H2. The van der Waals surface area contributed by atoms with Gasteiger partial charge in [0, 0.05) is 5.56 Å². The Morgan fingerprint density at radius 1 is 1.54 bits per heavy atom. The van der Waals surface area contributed by atoms with Crippen LogP contribution in [0.3, 0.4) is 0 Å². The normalized spacial score (nSPS) is 8.69. The molecule has 0 aromatic heterocycles. The van der Waals surface area contributed by atoms with E-state index in [1.807, 2.05) is 0 Å². The molecular formula is C10H7BrO2. The van der Waals surface area contributed by atoms with E-state index in [-0.39, 0.29) is 5.75 Å². The molecule has 1 aromatic carbocycles. The van der Waals surface area contributed by atoms with Crippen molar-refractivity contribution in [1.82, 2.24) is 0 Å². The highest BCUT2D eigenvalue weighted by atomic mass is 79.9. The minimum Gasteiger partial charge on any atom is -0.507 e. The van der Waals surface area contributed by atoms with Crippen LogP contribution in [0.1, 0.15) is 15.9 Å². The maximum absolute atomic E-state index is 10.4. The van der Waals surface area contributed by atoms with E-state index < -0.39 is 0 Å². The monoisotopic (exact) mass is 238 g/mol. The van der Waals surface area contributed by atoms with Crippen LogP contribution in [-0.4, -0.2) is 16.7 Å². The second-order valence-corrected chi connectivity index (χ2v) is 2.89. The van der Waals surface area contributed by atoms with E-state index in [0.29, 0.717) is 16.5 Å². The van der Waals surface area contributed by atoms with Gasteiger partial charge in [0.1, 0.15) is 12.0 Å². The third-order valence-electron chi connectivity index (χ3n) is 1.45. The summed E-state index contributed by atoms with van der Waals surface area (Å²) in [7, 11) is 0. The molecule has 0 saturated heterocycles. The van der Waals surface area contributed by atoms with E-state index in [1.165, 1.54) is 6.07 Å². The molecule has 0 spiro atoms. The Bertz CT molecular complexity index is 374. The van der Waals surface area contributed by atoms with Crippen molar-refractivity contribution in [3.8, 4) is 17.6 Å². The molecule has 66 valence electrons. The van der Waals surface area contributed by atoms with Gasteiger partial charge >= 0.3 is 0 Å². The fourth-order valence-electron chi connectivity index (χ4n) is 0.856. The van der Waals surface area contributed by atoms with E-state index in [2.05, 4.69) is 27.8 Å². The Balaban J connectivity index is 3.11. The number of rotatable bonds is 1. The van der Waals surface area contributed by atoms with E-state index in [9.17, 15) is 9.90 Å². The SMILES string of the molecule is O=Cc1ccc(O)c(C#CCBr)c1. The third kappa shape index (κ3) is 2.60. The van der Waals surface area contributed by atoms with Gasteiger partial charge in [0.15, 0.2) is 0 Å². The Labute approximate surface area is 84.7 Å². The van der Waals surface area contributed by atoms with Crippen LogP contribution in [0.25, 0.3) is 0 Å². The van der Waals surface area contributed by atoms with Gasteiger partial charge in [-0.3, -0.25) is 4.79 Å². The fraction of sp³-hybridized carbons (Fsp3) is 0.100. The zero-order valence-electron chi connectivity index (χ0n) is 6.75. The smallest absolute Gasteiger partial charge is 0.150 e. The number of aromatic hydroxyl groups is 1. The van der Waals surface area contributed by atoms with Crippen LogP contribution < -0.4 is 0 Å². The molecule has 0 saturated carbocycles. The zero-order chi connectivity index (χ0) is 9.68. The first-order valence-corrected chi connectivity index (χ1v) is 4.73. The molecule has 1 aromatic rings. The van der Waals surface area contributed by atoms with Gasteiger partial charge in [0.25, 0.3) is 0 Å². The molecule has 0 unspecified atom stereocenters. The average Bonchev–Trinajstić information content (AvgIpc) is 2.17. The molecule has 0 aliphatic carbocycles. The fourth-order valence-corrected chi connectivity index (χ4v) is 0.996. The van der Waals surface area contributed by atoms with E-state index in [1.54, 1.807) is 12.1 Å². The summed E-state index contributed by atoms with van der Waals surface area (Å²) in [5, 5.41) is 9.86. The summed E-state index contributed by atoms with van der Waals surface area (Å²) < 4.78 is 0. The van der Waals surface area contributed by atoms with Crippen LogP contribution in [0.2, 0.25) is 0 Å². The number of alkyl halides is 1. The number of carbonyl (C=O) groups is 1. The topological polar surface area (TPSA) is 37.3 Å². The summed E-state index contributed by atoms with van der Waals surface area (Å²) in [6.07, 6.45) is 0.721. The summed E-state index contributed by atoms with van der Waals surface area (Å²) in [5.41, 5.74) is 0.987. The van der Waals surface area contributed by atoms with Crippen LogP contribution in [0.15, 0.2) is 18.2 Å². The van der Waals surface area contributed by atoms with Gasteiger partial charge < -0.3 is 5.11 Å². The number of benzene rings is 1. The van der Waals surface area contributed by atoms with Crippen LogP contribution in [-0.2, 0) is 0 Å². The molecule has 0 bridgehead atoms. The second-order valence-electron chi connectivity index (χ2n) is 2.33. The van der Waals surface area contributed by atoms with Crippen LogP contribution in [0.5, 0.6) is 5.75 Å². The lowest BCUT2D eigenvalue weighted by atomic mass is 10.1. The molecular weight excluding hydrogens is 232 g/mol. The number of hydrogen-bond acceptors (Lipinski definition) is 2. The summed E-state index contributed by atoms with van der Waals surface area (Å²) >= 11 is 3.14. The largest absolute Gasteiger partial charge is 0.507 e. The van der Waals surface area contributed by atoms with E-state index in [0.717, 1.165) is 6.29 Å². The van der Waals surface area contributed by atoms with Gasteiger partial charge in [-0.15, -0.1) is 0 Å². The number of hydrogen-bond donors (Lipinski definition) is 1. The quantitative estimate of drug-likeness (QED) is 0.462. The summed E-state index contributed by atoms with van der Waals surface area (Å²) in [6, 6.07) is 4.56. The zero-order valence-corrected chi connectivity index (χ0v) is 8.34. The van der Waals surface area contributed by atoms with Crippen molar-refractivity contribution in [2.75, 3.05) is 5.33 Å². The molecule has 1 rings (SSSR count). The Hall–Kier alpha value is -1.27. The highest BCUT2D eigenvalue weighted by Gasteiger charge is 1.98. The summed E-state index contributed by atoms with van der Waals surface area (Å²) in [4.78, 5) is 10.4. The Morgan fingerprint density at radius 2 is 2.31 bits per heavy atom. The molecule has 1 N–H and O–H groups in total. The van der Waals surface area contributed by atoms with Crippen LogP contribution >= 0.6 is 15.9 Å². The number of halogens is 1. The molecule has 3 heteroatoms. The maximum Gasteiger partial charge on any atom is 0.150 e. The van der Waals surface area contributed by atoms with Gasteiger partial charge in [-0.1, -0.05) is 27.8 Å². The van der Waals surface area contributed by atoms with Crippen molar-refractivity contribution in [1.29, 1.82) is 0 Å². The van der Waals surface area contributed by atoms with Crippen LogP contribution in [0.4, 0.5) is 0 Å². The van der Waals surface area contributed by atoms with Gasteiger partial charge in [-0.05, 0) is 18.2 Å². The van der Waals surface area contributed by atoms with Crippen molar-refractivity contribution in [2.24, 2.45) is 0 Å². The van der Waals surface area contributed by atoms with Gasteiger partial charge in [-0.2, -0.15) is 0 Å². The van der Waals surface area contributed by atoms with Crippen molar-refractivity contribution in [2.45, 2.75) is 0 Å². The van der Waals surface area contributed by atoms with Gasteiger partial charge in [-0.25, -0.2) is 0 Å². The van der Waals surface area contributed by atoms with E-state index >= 15 is 0 Å². The molecule has 0 fully saturated rings. The summed E-state index contributed by atoms with van der Waals surface area (Å²) in [6.45, 7) is 0. The van der Waals surface area contributed by atoms with Crippen molar-refractivity contribution < 1.29 is 9.90 Å². The Morgan fingerprint density at radius 3 is 2.92 bits per heavy atom. The van der Waals surface area contributed by atoms with Gasteiger partial charge in [0.2, 0.25) is 0 Å². The lowest BCUT2D eigenvalue weighted by Gasteiger charge is -1.96. The lowest BCUT2D eigenvalue weighted by molar-refractivity contribution is 0.112. The van der Waals surface area contributed by atoms with Crippen LogP contribution in [0, 0.1) is 11.8 Å². The number of phenolic OH excluding ortho intramolecular Hbond substituents is 1. The molecule has 2 nitrogen and oxygen atoms in total. The molecule has 0 amide bonds. The number of aldehydes is 1. The molecule has 0 heterocycles. The lowest BCUT2D eigenvalue weighted by Crippen LogP contribution is -1.82. The number of phenols is 1.